The first-order valence-corrected chi connectivity index (χ1v) is 3.79. The summed E-state index contributed by atoms with van der Waals surface area (Å²) < 4.78 is 0. The third kappa shape index (κ3) is 2.66. The van der Waals surface area contributed by atoms with Gasteiger partial charge in [-0.15, -0.1) is 0 Å². The number of rotatable bonds is 0. The summed E-state index contributed by atoms with van der Waals surface area (Å²) in [5.41, 5.74) is 0. The SMILES string of the molecule is Clc1cnc(Cl)c(Cl)c1Cl.[Mn]. The van der Waals surface area contributed by atoms with Gasteiger partial charge in [-0.25, -0.2) is 4.98 Å². The molecule has 1 rings (SSSR count). The summed E-state index contributed by atoms with van der Waals surface area (Å²) >= 11 is 22.2. The molecule has 1 nitrogen and oxygen atoms in total. The normalized spacial score (nSPS) is 9.09. The Morgan fingerprint density at radius 1 is 1.00 bits per heavy atom. The van der Waals surface area contributed by atoms with Crippen molar-refractivity contribution in [3.63, 3.8) is 0 Å². The van der Waals surface area contributed by atoms with E-state index in [1.165, 1.54) is 6.20 Å². The standard InChI is InChI=1S/C5HCl4N.Mn/c6-2-1-10-5(9)4(8)3(2)7;/h1H;. The number of aromatic nitrogens is 1. The molecule has 11 heavy (non-hydrogen) atoms. The zero-order chi connectivity index (χ0) is 7.72. The van der Waals surface area contributed by atoms with Crippen LogP contribution < -0.4 is 0 Å². The number of halogens is 4. The van der Waals surface area contributed by atoms with Crippen LogP contribution in [0.2, 0.25) is 20.2 Å². The van der Waals surface area contributed by atoms with E-state index in [0.29, 0.717) is 5.02 Å². The van der Waals surface area contributed by atoms with E-state index in [0.717, 1.165) is 0 Å². The number of pyridine rings is 1. The molecule has 0 saturated heterocycles. The van der Waals surface area contributed by atoms with Crippen LogP contribution in [-0.2, 0) is 17.1 Å². The van der Waals surface area contributed by atoms with Crippen LogP contribution in [0.5, 0.6) is 0 Å². The van der Waals surface area contributed by atoms with Crippen molar-refractivity contribution in [3.8, 4) is 0 Å². The third-order valence-corrected chi connectivity index (χ3v) is 2.50. The summed E-state index contributed by atoms with van der Waals surface area (Å²) in [4.78, 5) is 3.66. The third-order valence-electron chi connectivity index (χ3n) is 0.875. The van der Waals surface area contributed by atoms with Gasteiger partial charge in [-0.3, -0.25) is 0 Å². The van der Waals surface area contributed by atoms with Gasteiger partial charge in [-0.1, -0.05) is 46.4 Å². The monoisotopic (exact) mass is 270 g/mol. The molecule has 61 valence electrons. The van der Waals surface area contributed by atoms with E-state index >= 15 is 0 Å². The first-order chi connectivity index (χ1) is 4.63. The number of hydrogen-bond donors (Lipinski definition) is 0. The van der Waals surface area contributed by atoms with Gasteiger partial charge >= 0.3 is 0 Å². The van der Waals surface area contributed by atoms with Crippen LogP contribution in [0.3, 0.4) is 0 Å². The molecular formula is C5HCl4MnN. The van der Waals surface area contributed by atoms with E-state index in [2.05, 4.69) is 4.98 Å². The van der Waals surface area contributed by atoms with Gasteiger partial charge in [0.05, 0.1) is 15.1 Å². The van der Waals surface area contributed by atoms with Crippen molar-refractivity contribution in [1.29, 1.82) is 0 Å². The van der Waals surface area contributed by atoms with Gasteiger partial charge in [-0.05, 0) is 0 Å². The van der Waals surface area contributed by atoms with Crippen molar-refractivity contribution in [3.05, 3.63) is 26.4 Å². The van der Waals surface area contributed by atoms with Gasteiger partial charge in [0.2, 0.25) is 0 Å². The minimum atomic E-state index is 0. The van der Waals surface area contributed by atoms with Crippen molar-refractivity contribution in [1.82, 2.24) is 4.98 Å². The fraction of sp³-hybridized carbons (Fsp3) is 0. The van der Waals surface area contributed by atoms with Crippen molar-refractivity contribution < 1.29 is 17.1 Å². The second kappa shape index (κ2) is 4.76. The van der Waals surface area contributed by atoms with Crippen LogP contribution in [-0.4, -0.2) is 4.98 Å². The molecule has 0 unspecified atom stereocenters. The molecule has 0 aliphatic heterocycles. The maximum atomic E-state index is 5.59. The summed E-state index contributed by atoms with van der Waals surface area (Å²) in [7, 11) is 0. The van der Waals surface area contributed by atoms with E-state index < -0.39 is 0 Å². The maximum absolute atomic E-state index is 5.59. The summed E-state index contributed by atoms with van der Waals surface area (Å²) in [6, 6.07) is 0. The molecule has 0 N–H and O–H groups in total. The molecule has 0 fully saturated rings. The quantitative estimate of drug-likeness (QED) is 0.518. The van der Waals surface area contributed by atoms with Gasteiger partial charge in [-0.2, -0.15) is 0 Å². The molecule has 6 heteroatoms. The predicted molar refractivity (Wildman–Crippen MR) is 44.3 cm³/mol. The van der Waals surface area contributed by atoms with Crippen LogP contribution in [0, 0.1) is 0 Å². The van der Waals surface area contributed by atoms with Crippen molar-refractivity contribution in [2.45, 2.75) is 0 Å². The van der Waals surface area contributed by atoms with E-state index in [-0.39, 0.29) is 32.3 Å². The Morgan fingerprint density at radius 3 is 2.00 bits per heavy atom. The fourth-order valence-corrected chi connectivity index (χ4v) is 1.09. The number of hydrogen-bond acceptors (Lipinski definition) is 1. The molecule has 0 saturated carbocycles. The number of nitrogens with zero attached hydrogens (tertiary/aromatic N) is 1. The average Bonchev–Trinajstić information content (AvgIpc) is 1.93. The van der Waals surface area contributed by atoms with Gasteiger partial charge in [0.1, 0.15) is 5.15 Å². The van der Waals surface area contributed by atoms with Crippen molar-refractivity contribution in [2.24, 2.45) is 0 Å². The van der Waals surface area contributed by atoms with Crippen LogP contribution in [0.4, 0.5) is 0 Å². The molecule has 1 aromatic rings. The topological polar surface area (TPSA) is 12.9 Å². The van der Waals surface area contributed by atoms with Crippen LogP contribution >= 0.6 is 46.4 Å². The zero-order valence-corrected chi connectivity index (χ0v) is 9.12. The van der Waals surface area contributed by atoms with Crippen molar-refractivity contribution in [2.75, 3.05) is 0 Å². The molecule has 0 bridgehead atoms. The minimum absolute atomic E-state index is 0. The first kappa shape index (κ1) is 11.8. The molecule has 0 atom stereocenters. The molecule has 0 aromatic carbocycles. The largest absolute Gasteiger partial charge is 0.241 e. The first-order valence-electron chi connectivity index (χ1n) is 2.28. The maximum Gasteiger partial charge on any atom is 0.149 e. The Bertz CT molecular complexity index is 238. The Hall–Kier alpha value is 0.829. The fourth-order valence-electron chi connectivity index (χ4n) is 0.422. The van der Waals surface area contributed by atoms with Gasteiger partial charge in [0, 0.05) is 23.3 Å². The molecule has 1 radical (unpaired) electrons. The summed E-state index contributed by atoms with van der Waals surface area (Å²) in [5, 5.41) is 0.895. The molecule has 0 spiro atoms. The molecular weight excluding hydrogens is 271 g/mol. The van der Waals surface area contributed by atoms with Crippen LogP contribution in [0.15, 0.2) is 6.20 Å². The Kier molecular flexibility index (Phi) is 5.12. The molecule has 1 aromatic heterocycles. The van der Waals surface area contributed by atoms with Crippen LogP contribution in [0.1, 0.15) is 0 Å². The minimum Gasteiger partial charge on any atom is -0.241 e. The Balaban J connectivity index is 0.000001000. The van der Waals surface area contributed by atoms with Crippen molar-refractivity contribution >= 4 is 46.4 Å². The van der Waals surface area contributed by atoms with E-state index in [4.69, 9.17) is 46.4 Å². The summed E-state index contributed by atoms with van der Waals surface area (Å²) in [6.07, 6.45) is 1.35. The smallest absolute Gasteiger partial charge is 0.149 e. The second-order valence-corrected chi connectivity index (χ2v) is 3.05. The molecule has 1 heterocycles. The summed E-state index contributed by atoms with van der Waals surface area (Å²) in [5.74, 6) is 0. The van der Waals surface area contributed by atoms with Gasteiger partial charge in [0.25, 0.3) is 0 Å². The second-order valence-electron chi connectivity index (χ2n) is 1.52. The predicted octanol–water partition coefficient (Wildman–Crippen LogP) is 3.69. The van der Waals surface area contributed by atoms with Gasteiger partial charge in [0.15, 0.2) is 0 Å². The van der Waals surface area contributed by atoms with E-state index in [1.54, 1.807) is 0 Å². The van der Waals surface area contributed by atoms with Crippen LogP contribution in [0.25, 0.3) is 0 Å². The molecule has 0 amide bonds. The van der Waals surface area contributed by atoms with E-state index in [1.807, 2.05) is 0 Å². The summed E-state index contributed by atoms with van der Waals surface area (Å²) in [6.45, 7) is 0. The zero-order valence-electron chi connectivity index (χ0n) is 4.91. The van der Waals surface area contributed by atoms with E-state index in [9.17, 15) is 0 Å². The Morgan fingerprint density at radius 2 is 1.55 bits per heavy atom. The van der Waals surface area contributed by atoms with Gasteiger partial charge < -0.3 is 0 Å². The molecule has 0 aliphatic rings. The average molecular weight is 272 g/mol. The Labute approximate surface area is 94.5 Å². The molecule has 0 aliphatic carbocycles.